The predicted molar refractivity (Wildman–Crippen MR) is 65.5 cm³/mol. The summed E-state index contributed by atoms with van der Waals surface area (Å²) in [6.45, 7) is 6.36. The number of rotatable bonds is 6. The first-order chi connectivity index (χ1) is 7.93. The topological polar surface area (TPSA) is 66.4 Å². The van der Waals surface area contributed by atoms with E-state index in [9.17, 15) is 9.59 Å². The van der Waals surface area contributed by atoms with E-state index < -0.39 is 5.97 Å². The highest BCUT2D eigenvalue weighted by Crippen LogP contribution is 2.28. The molecule has 0 aromatic carbocycles. The van der Waals surface area contributed by atoms with Crippen LogP contribution in [0.4, 0.5) is 0 Å². The maximum absolute atomic E-state index is 11.7. The van der Waals surface area contributed by atoms with E-state index in [1.54, 1.807) is 0 Å². The fourth-order valence-corrected chi connectivity index (χ4v) is 2.31. The van der Waals surface area contributed by atoms with Gasteiger partial charge in [0.1, 0.15) is 0 Å². The molecule has 0 bridgehead atoms. The SMILES string of the molecule is CCC(CC(=O)NC1CC(C(=O)O)C1)C(C)C. The third-order valence-corrected chi connectivity index (χ3v) is 3.77. The van der Waals surface area contributed by atoms with Gasteiger partial charge in [-0.1, -0.05) is 27.2 Å². The smallest absolute Gasteiger partial charge is 0.306 e. The lowest BCUT2D eigenvalue weighted by atomic mass is 9.80. The van der Waals surface area contributed by atoms with Gasteiger partial charge in [-0.05, 0) is 24.7 Å². The molecule has 0 heterocycles. The van der Waals surface area contributed by atoms with E-state index in [0.717, 1.165) is 6.42 Å². The number of amides is 1. The van der Waals surface area contributed by atoms with E-state index in [1.165, 1.54) is 0 Å². The molecule has 1 amide bonds. The Labute approximate surface area is 103 Å². The summed E-state index contributed by atoms with van der Waals surface area (Å²) in [7, 11) is 0. The quantitative estimate of drug-likeness (QED) is 0.747. The van der Waals surface area contributed by atoms with Gasteiger partial charge in [-0.25, -0.2) is 0 Å². The fourth-order valence-electron chi connectivity index (χ4n) is 2.31. The molecule has 1 unspecified atom stereocenters. The Hall–Kier alpha value is -1.06. The number of carboxylic acid groups (broad SMARTS) is 1. The van der Waals surface area contributed by atoms with E-state index in [0.29, 0.717) is 31.1 Å². The summed E-state index contributed by atoms with van der Waals surface area (Å²) >= 11 is 0. The number of hydrogen-bond acceptors (Lipinski definition) is 2. The summed E-state index contributed by atoms with van der Waals surface area (Å²) in [4.78, 5) is 22.4. The number of hydrogen-bond donors (Lipinski definition) is 2. The van der Waals surface area contributed by atoms with Crippen LogP contribution in [0.2, 0.25) is 0 Å². The maximum atomic E-state index is 11.7. The summed E-state index contributed by atoms with van der Waals surface area (Å²) in [6.07, 6.45) is 2.73. The van der Waals surface area contributed by atoms with E-state index in [-0.39, 0.29) is 17.9 Å². The number of nitrogens with one attached hydrogen (secondary N) is 1. The Morgan fingerprint density at radius 1 is 1.35 bits per heavy atom. The molecule has 0 saturated heterocycles. The molecule has 1 rings (SSSR count). The van der Waals surface area contributed by atoms with Gasteiger partial charge < -0.3 is 10.4 Å². The van der Waals surface area contributed by atoms with Crippen LogP contribution in [0.5, 0.6) is 0 Å². The molecule has 1 aliphatic rings. The van der Waals surface area contributed by atoms with Crippen molar-refractivity contribution in [2.45, 2.75) is 52.5 Å². The summed E-state index contributed by atoms with van der Waals surface area (Å²) < 4.78 is 0. The van der Waals surface area contributed by atoms with Crippen molar-refractivity contribution in [1.29, 1.82) is 0 Å². The lowest BCUT2D eigenvalue weighted by molar-refractivity contribution is -0.146. The lowest BCUT2D eigenvalue weighted by Gasteiger charge is -2.33. The normalized spacial score (nSPS) is 25.2. The standard InChI is InChI=1S/C13H23NO3/c1-4-9(8(2)3)7-12(15)14-11-5-10(6-11)13(16)17/h8-11H,4-7H2,1-3H3,(H,14,15)(H,16,17). The van der Waals surface area contributed by atoms with E-state index >= 15 is 0 Å². The Bertz CT molecular complexity index is 282. The summed E-state index contributed by atoms with van der Waals surface area (Å²) in [6, 6.07) is 0.0771. The Balaban J connectivity index is 2.25. The molecule has 4 nitrogen and oxygen atoms in total. The minimum atomic E-state index is -0.746. The van der Waals surface area contributed by atoms with Gasteiger partial charge in [-0.3, -0.25) is 9.59 Å². The first-order valence-corrected chi connectivity index (χ1v) is 6.46. The monoisotopic (exact) mass is 241 g/mol. The highest BCUT2D eigenvalue weighted by atomic mass is 16.4. The fraction of sp³-hybridized carbons (Fsp3) is 0.846. The van der Waals surface area contributed by atoms with Gasteiger partial charge >= 0.3 is 5.97 Å². The zero-order chi connectivity index (χ0) is 13.0. The van der Waals surface area contributed by atoms with Crippen molar-refractivity contribution in [2.24, 2.45) is 17.8 Å². The molecule has 1 saturated carbocycles. The molecule has 98 valence electrons. The van der Waals surface area contributed by atoms with Crippen molar-refractivity contribution in [2.75, 3.05) is 0 Å². The molecular weight excluding hydrogens is 218 g/mol. The highest BCUT2D eigenvalue weighted by Gasteiger charge is 2.35. The summed E-state index contributed by atoms with van der Waals surface area (Å²) in [5.74, 6) is 0.000120. The second-order valence-electron chi connectivity index (χ2n) is 5.39. The zero-order valence-corrected chi connectivity index (χ0v) is 10.9. The molecule has 0 spiro atoms. The Morgan fingerprint density at radius 3 is 2.35 bits per heavy atom. The van der Waals surface area contributed by atoms with Gasteiger partial charge in [-0.15, -0.1) is 0 Å². The van der Waals surface area contributed by atoms with Crippen LogP contribution in [0, 0.1) is 17.8 Å². The molecule has 0 aromatic rings. The summed E-state index contributed by atoms with van der Waals surface area (Å²) in [5, 5.41) is 11.6. The van der Waals surface area contributed by atoms with E-state index in [2.05, 4.69) is 26.1 Å². The average molecular weight is 241 g/mol. The van der Waals surface area contributed by atoms with Crippen molar-refractivity contribution in [3.8, 4) is 0 Å². The first kappa shape index (κ1) is 14.0. The molecule has 0 aromatic heterocycles. The van der Waals surface area contributed by atoms with Gasteiger partial charge in [0, 0.05) is 12.5 Å². The predicted octanol–water partition coefficient (Wildman–Crippen LogP) is 2.04. The molecular formula is C13H23NO3. The van der Waals surface area contributed by atoms with Crippen molar-refractivity contribution < 1.29 is 14.7 Å². The van der Waals surface area contributed by atoms with E-state index in [1.807, 2.05) is 0 Å². The molecule has 4 heteroatoms. The van der Waals surface area contributed by atoms with E-state index in [4.69, 9.17) is 5.11 Å². The maximum Gasteiger partial charge on any atom is 0.306 e. The molecule has 0 radical (unpaired) electrons. The molecule has 17 heavy (non-hydrogen) atoms. The van der Waals surface area contributed by atoms with Crippen LogP contribution in [0.3, 0.4) is 0 Å². The largest absolute Gasteiger partial charge is 0.481 e. The van der Waals surface area contributed by atoms with Crippen molar-refractivity contribution in [3.63, 3.8) is 0 Å². The average Bonchev–Trinajstić information content (AvgIpc) is 2.18. The van der Waals surface area contributed by atoms with Crippen molar-refractivity contribution >= 4 is 11.9 Å². The van der Waals surface area contributed by atoms with Gasteiger partial charge in [0.05, 0.1) is 5.92 Å². The zero-order valence-electron chi connectivity index (χ0n) is 10.9. The van der Waals surface area contributed by atoms with Crippen LogP contribution in [-0.4, -0.2) is 23.0 Å². The van der Waals surface area contributed by atoms with Crippen LogP contribution in [-0.2, 0) is 9.59 Å². The third-order valence-electron chi connectivity index (χ3n) is 3.77. The molecule has 0 aliphatic heterocycles. The van der Waals surface area contributed by atoms with Gasteiger partial charge in [0.2, 0.25) is 5.91 Å². The van der Waals surface area contributed by atoms with Crippen molar-refractivity contribution in [1.82, 2.24) is 5.32 Å². The number of carbonyl (C=O) groups excluding carboxylic acids is 1. The molecule has 2 N–H and O–H groups in total. The minimum Gasteiger partial charge on any atom is -0.481 e. The van der Waals surface area contributed by atoms with Crippen LogP contribution in [0.1, 0.15) is 46.5 Å². The lowest BCUT2D eigenvalue weighted by Crippen LogP contribution is -2.47. The minimum absolute atomic E-state index is 0.0689. The molecule has 1 atom stereocenters. The van der Waals surface area contributed by atoms with Gasteiger partial charge in [0.25, 0.3) is 0 Å². The Morgan fingerprint density at radius 2 is 1.94 bits per heavy atom. The second kappa shape index (κ2) is 6.03. The number of carboxylic acids is 1. The van der Waals surface area contributed by atoms with Crippen LogP contribution in [0.25, 0.3) is 0 Å². The Kier molecular flexibility index (Phi) is 4.97. The van der Waals surface area contributed by atoms with Crippen LogP contribution < -0.4 is 5.32 Å². The molecule has 1 aliphatic carbocycles. The van der Waals surface area contributed by atoms with Gasteiger partial charge in [0.15, 0.2) is 0 Å². The highest BCUT2D eigenvalue weighted by molar-refractivity contribution is 5.77. The van der Waals surface area contributed by atoms with Crippen LogP contribution in [0.15, 0.2) is 0 Å². The second-order valence-corrected chi connectivity index (χ2v) is 5.39. The first-order valence-electron chi connectivity index (χ1n) is 6.46. The number of aliphatic carboxylic acids is 1. The van der Waals surface area contributed by atoms with Crippen molar-refractivity contribution in [3.05, 3.63) is 0 Å². The summed E-state index contributed by atoms with van der Waals surface area (Å²) in [5.41, 5.74) is 0. The van der Waals surface area contributed by atoms with Gasteiger partial charge in [-0.2, -0.15) is 0 Å². The van der Waals surface area contributed by atoms with Crippen LogP contribution >= 0.6 is 0 Å². The number of carbonyl (C=O) groups is 2. The molecule has 1 fully saturated rings. The third kappa shape index (κ3) is 4.02.